The number of aromatic amines is 3. The van der Waals surface area contributed by atoms with Gasteiger partial charge in [-0.05, 0) is 163 Å². The number of imidazole rings is 1. The molecule has 5 atom stereocenters. The number of piperidine rings is 1. The molecule has 8 aromatic rings. The van der Waals surface area contributed by atoms with Gasteiger partial charge < -0.3 is 62.3 Å². The molecule has 5 aliphatic heterocycles. The zero-order chi connectivity index (χ0) is 107. The summed E-state index contributed by atoms with van der Waals surface area (Å²) in [5.74, 6) is 4.89. The van der Waals surface area contributed by atoms with Gasteiger partial charge in [0, 0.05) is 35.3 Å². The second-order valence-electron chi connectivity index (χ2n) is 36.3. The quantitative estimate of drug-likeness (QED) is 0.00211. The molecule has 5 aliphatic rings. The summed E-state index contributed by atoms with van der Waals surface area (Å²) in [5.41, 5.74) is 11.4. The Morgan fingerprint density at radius 2 is 0.958 bits per heavy atom. The number of ketones is 3. The second-order valence-corrected chi connectivity index (χ2v) is 55.6. The number of likely N-dealkylation sites (tertiary alicyclic amines) is 1. The number of alkyl halides is 8. The van der Waals surface area contributed by atoms with E-state index in [1.165, 1.54) is 85.6 Å². The lowest BCUT2D eigenvalue weighted by Gasteiger charge is -2.24. The minimum Gasteiger partial charge on any atom is -0.465 e. The Morgan fingerprint density at radius 3 is 1.42 bits per heavy atom. The summed E-state index contributed by atoms with van der Waals surface area (Å²) in [7, 11) is -1.06. The van der Waals surface area contributed by atoms with Crippen molar-refractivity contribution in [2.75, 3.05) is 136 Å². The first-order valence-corrected chi connectivity index (χ1v) is 57.9. The Morgan fingerprint density at radius 1 is 0.514 bits per heavy atom. The summed E-state index contributed by atoms with van der Waals surface area (Å²) in [6, 6.07) is 47.2. The highest BCUT2D eigenvalue weighted by Gasteiger charge is 2.41. The Kier molecular flexibility index (Phi) is 54.7. The number of H-pyrrole nitrogens is 3. The molecule has 0 bridgehead atoms. The SMILES string of the molecule is CC(=O)C(C)(I)C(=O)OCC[NH+]1CCCCC1.CC(=O)C(C)(I)C(=O)OCC[NH+]1CCOCC1.CC(=O)C(C)(I)C(=O)OCC[NH+]1CCS(=O)(=O)CC1.CC(C)(I)C(=O)OCC1=Nc2ccccc2[NH2+]1.CC(C)(I)C(=O)OCCCc1[nH]c2ccccc2[nH+]1.CC(C)(I)C(=O)OCCc1cc2ccccc2[nH]1.CC1=C(COC(=O)C(I)c2ccccc2)[NH+]=CC1.C[n+]1c(COC(=O)C(I)c2ccccc2)ccn1N. The van der Waals surface area contributed by atoms with Crippen LogP contribution in [0.1, 0.15) is 158 Å². The summed E-state index contributed by atoms with van der Waals surface area (Å²) >= 11 is 15.9. The van der Waals surface area contributed by atoms with Crippen LogP contribution >= 0.6 is 181 Å². The molecule has 144 heavy (non-hydrogen) atoms. The maximum atomic E-state index is 12.0. The number of nitrogens with two attached hydrogens (primary N) is 2. The van der Waals surface area contributed by atoms with Gasteiger partial charge in [-0.25, -0.2) is 29.2 Å². The van der Waals surface area contributed by atoms with Crippen LogP contribution in [-0.4, -0.2) is 251 Å². The van der Waals surface area contributed by atoms with E-state index in [1.54, 1.807) is 47.3 Å². The standard InChI is InChI=1S/C14H17IN2O2.C14H16INO2.C14H14INO2.C13H15IN3O2.C12H13IN2O2.C12H20INO3.C11H18INO5S.C11H18INO4/c1-14(2,15)13(18)19-9-5-8-12-16-10-6-3-4-7-11(10)17-12;1-14(2,15)13(17)18-8-7-11-9-10-5-3-4-6-12(10)16-11;1-10-7-8-16-12(10)9-18-14(17)13(15)11-5-3-2-4-6-11;1-16-11(7-8-17(16)15)9-19-13(18)12(14)10-5-3-2-4-6-10;1-12(2,13)11(16)17-7-10-14-8-5-3-4-6-9(8)15-10;1-10(15)12(2,13)11(16)17-9-8-14-6-4-3-5-7-14;1-9(14)11(2,12)10(15)18-6-3-13-4-7-19(16,17)8-5-13;1-9(14)11(2,12)10(15)17-8-5-13-3-6-16-7-4-13/h3-4,6-7H,5,8-9H2,1-2H3,(H,16,17);3-6,9,16H,7-8H2,1-2H3;2-6,8,13H,7,9H2,1H3;2-8,12H,9,15H2,1H3;3-6H,7H2,1-2H3,(H,14,15);3-9H2,1-2H3;3-8H2,1-2H3;3-8H2,1-2H3/q;;;+1;;;;/p+6. The van der Waals surface area contributed by atoms with Gasteiger partial charge in [-0.15, -0.1) is 0 Å². The summed E-state index contributed by atoms with van der Waals surface area (Å²) in [6.45, 7) is 33.7. The normalized spacial score (nSPS) is 16.1. The molecule has 3 fully saturated rings. The number of aryl methyl sites for hydroxylation is 1. The minimum absolute atomic E-state index is 0.159. The third-order valence-electron chi connectivity index (χ3n) is 23.0. The zero-order valence-electron chi connectivity index (χ0n) is 83.9. The molecule has 0 aliphatic carbocycles. The maximum absolute atomic E-state index is 12.0. The molecule has 13 rings (SSSR count). The smallest absolute Gasteiger partial charge is 0.329 e. The number of fused-ring (bicyclic) bond motifs is 3. The Labute approximate surface area is 952 Å². The van der Waals surface area contributed by atoms with Crippen LogP contribution in [0, 0.1) is 0 Å². The number of aliphatic imine (C=N–C) groups is 1. The van der Waals surface area contributed by atoms with E-state index < -0.39 is 48.3 Å². The number of para-hydroxylation sites is 5. The number of halogens is 8. The molecule has 11 N–H and O–H groups in total. The molecular weight excluding hydrogens is 2780 g/mol. The predicted octanol–water partition coefficient (Wildman–Crippen LogP) is 8.84. The highest BCUT2D eigenvalue weighted by molar-refractivity contribution is 14.1. The molecule has 3 aromatic heterocycles. The molecule has 5 aromatic carbocycles. The van der Waals surface area contributed by atoms with Gasteiger partial charge in [0.05, 0.1) is 83.2 Å². The minimum atomic E-state index is -2.87. The van der Waals surface area contributed by atoms with Gasteiger partial charge in [-0.3, -0.25) is 58.1 Å². The van der Waals surface area contributed by atoms with E-state index in [0.29, 0.717) is 59.1 Å². The van der Waals surface area contributed by atoms with Gasteiger partial charge >= 0.3 is 47.8 Å². The lowest BCUT2D eigenvalue weighted by atomic mass is 10.1. The van der Waals surface area contributed by atoms with Crippen molar-refractivity contribution in [2.45, 2.75) is 170 Å². The van der Waals surface area contributed by atoms with Crippen LogP contribution in [-0.2, 0) is 132 Å². The number of aromatic nitrogens is 5. The highest BCUT2D eigenvalue weighted by atomic mass is 127. The summed E-state index contributed by atoms with van der Waals surface area (Å²) in [6.07, 6.45) is 10.8. The fourth-order valence-corrected chi connectivity index (χ4v) is 16.8. The Bertz CT molecular complexity index is 5630. The number of quaternary nitrogens is 4. The van der Waals surface area contributed by atoms with Crippen molar-refractivity contribution in [3.05, 3.63) is 191 Å². The number of carbonyl (C=O) groups is 11. The van der Waals surface area contributed by atoms with Crippen LogP contribution in [0.25, 0.3) is 21.9 Å². The highest BCUT2D eigenvalue weighted by Crippen LogP contribution is 2.30. The van der Waals surface area contributed by atoms with E-state index in [1.807, 2.05) is 246 Å². The monoisotopic (exact) mass is 2920 g/mol. The van der Waals surface area contributed by atoms with E-state index in [2.05, 4.69) is 150 Å². The largest absolute Gasteiger partial charge is 0.465 e. The van der Waals surface area contributed by atoms with E-state index in [9.17, 15) is 61.2 Å². The van der Waals surface area contributed by atoms with E-state index >= 15 is 0 Å². The van der Waals surface area contributed by atoms with Crippen molar-refractivity contribution >= 4 is 301 Å². The Hall–Kier alpha value is -6.44. The third kappa shape index (κ3) is 45.0. The van der Waals surface area contributed by atoms with Crippen molar-refractivity contribution < 1.29 is 138 Å². The van der Waals surface area contributed by atoms with Crippen LogP contribution in [0.4, 0.5) is 11.4 Å². The van der Waals surface area contributed by atoms with Crippen molar-refractivity contribution in [1.82, 2.24) is 14.8 Å². The number of Topliss-reactive ketones (excluding diaryl/α,β-unsaturated/α-hetero) is 3. The number of morpholine rings is 1. The molecule has 3 saturated heterocycles. The van der Waals surface area contributed by atoms with E-state index in [-0.39, 0.29) is 86.4 Å². The van der Waals surface area contributed by atoms with Crippen molar-refractivity contribution in [3.8, 4) is 0 Å². The van der Waals surface area contributed by atoms with Gasteiger partial charge in [-0.1, -0.05) is 289 Å². The van der Waals surface area contributed by atoms with Gasteiger partial charge in [0.1, 0.15) is 89.6 Å². The van der Waals surface area contributed by atoms with Gasteiger partial charge in [-0.2, -0.15) is 9.67 Å². The van der Waals surface area contributed by atoms with Gasteiger partial charge in [0.25, 0.3) is 5.82 Å². The number of nitrogens with zero attached hydrogens (tertiary/aromatic N) is 3. The Balaban J connectivity index is 0.000000252. The number of esters is 8. The summed E-state index contributed by atoms with van der Waals surface area (Å²) < 4.78 is 66.0. The summed E-state index contributed by atoms with van der Waals surface area (Å²) in [4.78, 5) is 150. The van der Waals surface area contributed by atoms with Gasteiger partial charge in [0.15, 0.2) is 79.7 Å². The molecule has 0 radical (unpaired) electrons. The molecule has 0 saturated carbocycles. The average molecular weight is 2920 g/mol. The van der Waals surface area contributed by atoms with Crippen molar-refractivity contribution in [3.63, 3.8) is 0 Å². The van der Waals surface area contributed by atoms with Crippen LogP contribution in [0.5, 0.6) is 0 Å². The number of hydrogen-bond donors (Lipinski definition) is 8. The van der Waals surface area contributed by atoms with Crippen LogP contribution in [0.2, 0.25) is 0 Å². The first-order valence-electron chi connectivity index (χ1n) is 47.1. The van der Waals surface area contributed by atoms with E-state index in [0.717, 1.165) is 131 Å². The molecule has 43 heteroatoms. The number of nitrogens with one attached hydrogen (secondary N) is 7. The second kappa shape index (κ2) is 62.4. The molecule has 8 heterocycles. The number of sulfone groups is 1. The lowest BCUT2D eigenvalue weighted by Crippen LogP contribution is -3.14. The lowest BCUT2D eigenvalue weighted by molar-refractivity contribution is -0.908. The number of allylic oxidation sites excluding steroid dienone is 1. The predicted molar refractivity (Wildman–Crippen MR) is 617 cm³/mol. The number of hydrogen-bond acceptors (Lipinski definition) is 24. The van der Waals surface area contributed by atoms with Crippen molar-refractivity contribution in [2.24, 2.45) is 12.0 Å². The van der Waals surface area contributed by atoms with E-state index in [4.69, 9.17) is 48.5 Å². The number of rotatable bonds is 35. The average Bonchev–Trinajstić information content (AvgIpc) is 1.61. The van der Waals surface area contributed by atoms with Crippen LogP contribution in [0.3, 0.4) is 0 Å². The van der Waals surface area contributed by atoms with Crippen LogP contribution in [0.15, 0.2) is 168 Å². The number of benzene rings is 5. The van der Waals surface area contributed by atoms with Crippen molar-refractivity contribution in [1.29, 1.82) is 0 Å². The molecule has 0 spiro atoms. The number of carbonyl (C=O) groups excluding carboxylic acids is 11. The molecule has 5 unspecified atom stereocenters. The topological polar surface area (TPSA) is 442 Å². The fraction of sp³-hybridized carbons (Fsp3) is 0.495. The molecular formula is C101H137I8N12O22S+7. The maximum Gasteiger partial charge on any atom is 0.329 e. The van der Waals surface area contributed by atoms with Crippen LogP contribution < -0.4 is 40.5 Å². The third-order valence-corrected chi connectivity index (χ3v) is 32.0. The first kappa shape index (κ1) is 126. The zero-order valence-corrected chi connectivity index (χ0v) is 102. The molecule has 788 valence electrons. The number of amidine groups is 1. The summed E-state index contributed by atoms with van der Waals surface area (Å²) in [5, 5.41) is 3.14. The molecule has 0 amide bonds. The number of nitrogen functional groups attached to an aromatic ring is 1. The van der Waals surface area contributed by atoms with Gasteiger partial charge in [0.2, 0.25) is 11.5 Å². The molecule has 34 nitrogen and oxygen atoms in total. The first-order chi connectivity index (χ1) is 67.7. The fourth-order valence-electron chi connectivity index (χ4n) is 13.3. The number of ether oxygens (including phenoxy) is 9.